The maximum absolute atomic E-state index is 12.0. The largest absolute Gasteiger partial charge is 0.299 e. The molecule has 0 N–H and O–H groups in total. The van der Waals surface area contributed by atoms with Crippen LogP contribution in [-0.4, -0.2) is 15.6 Å². The molecular weight excluding hydrogens is 224 g/mol. The Morgan fingerprint density at radius 3 is 2.56 bits per heavy atom. The lowest BCUT2D eigenvalue weighted by atomic mass is 10.0. The lowest BCUT2D eigenvalue weighted by molar-refractivity contribution is -0.120. The average molecular weight is 241 g/mol. The summed E-state index contributed by atoms with van der Waals surface area (Å²) in [5.41, 5.74) is 1.94. The number of aromatic nitrogens is 2. The van der Waals surface area contributed by atoms with E-state index < -0.39 is 0 Å². The van der Waals surface area contributed by atoms with Gasteiger partial charge in [0.1, 0.15) is 10.9 Å². The second-order valence-corrected chi connectivity index (χ2v) is 5.72. The molecule has 1 aromatic rings. The van der Waals surface area contributed by atoms with E-state index in [1.807, 2.05) is 6.92 Å². The van der Waals surface area contributed by atoms with Gasteiger partial charge in [-0.25, -0.2) is 0 Å². The molecule has 0 aromatic carbocycles. The van der Waals surface area contributed by atoms with Gasteiger partial charge in [-0.15, -0.1) is 0 Å². The number of hydrogen-bond acceptors (Lipinski definition) is 2. The molecule has 0 aliphatic heterocycles. The minimum atomic E-state index is 0.194. The predicted molar refractivity (Wildman–Crippen MR) is 63.6 cm³/mol. The quantitative estimate of drug-likeness (QED) is 0.814. The lowest BCUT2D eigenvalue weighted by Crippen LogP contribution is -2.09. The molecule has 3 nitrogen and oxygen atoms in total. The van der Waals surface area contributed by atoms with Crippen LogP contribution in [0.5, 0.6) is 0 Å². The van der Waals surface area contributed by atoms with Crippen LogP contribution in [0.1, 0.15) is 31.5 Å². The molecule has 1 fully saturated rings. The van der Waals surface area contributed by atoms with Crippen LogP contribution in [0.4, 0.5) is 0 Å². The van der Waals surface area contributed by atoms with Crippen molar-refractivity contribution in [2.24, 2.45) is 18.4 Å². The van der Waals surface area contributed by atoms with Crippen molar-refractivity contribution in [1.82, 2.24) is 9.78 Å². The van der Waals surface area contributed by atoms with Crippen LogP contribution in [0.3, 0.4) is 0 Å². The molecule has 1 saturated carbocycles. The number of carbonyl (C=O) groups excluding carboxylic acids is 1. The van der Waals surface area contributed by atoms with Crippen LogP contribution in [0, 0.1) is 18.3 Å². The summed E-state index contributed by atoms with van der Waals surface area (Å²) in [5, 5.41) is 4.80. The number of rotatable bonds is 3. The van der Waals surface area contributed by atoms with Gasteiger partial charge in [-0.3, -0.25) is 9.48 Å². The van der Waals surface area contributed by atoms with Crippen molar-refractivity contribution >= 4 is 17.4 Å². The van der Waals surface area contributed by atoms with Crippen molar-refractivity contribution in [3.05, 3.63) is 16.4 Å². The Bertz CT molecular complexity index is 448. The lowest BCUT2D eigenvalue weighted by Gasteiger charge is -2.03. The molecule has 16 heavy (non-hydrogen) atoms. The molecule has 2 rings (SSSR count). The van der Waals surface area contributed by atoms with E-state index in [1.165, 1.54) is 0 Å². The summed E-state index contributed by atoms with van der Waals surface area (Å²) in [5.74, 6) is 0.506. The Morgan fingerprint density at radius 1 is 1.62 bits per heavy atom. The topological polar surface area (TPSA) is 34.9 Å². The zero-order valence-corrected chi connectivity index (χ0v) is 10.9. The number of nitrogens with zero attached hydrogens (tertiary/aromatic N) is 2. The van der Waals surface area contributed by atoms with Crippen LogP contribution in [0.15, 0.2) is 0 Å². The Labute approximate surface area is 101 Å². The first-order valence-electron chi connectivity index (χ1n) is 5.53. The number of hydrogen-bond donors (Lipinski definition) is 0. The van der Waals surface area contributed by atoms with Crippen molar-refractivity contribution in [1.29, 1.82) is 0 Å². The van der Waals surface area contributed by atoms with Crippen molar-refractivity contribution in [2.45, 2.75) is 33.6 Å². The maximum atomic E-state index is 12.0. The Hall–Kier alpha value is -0.830. The third kappa shape index (κ3) is 1.88. The highest BCUT2D eigenvalue weighted by Crippen LogP contribution is 2.52. The van der Waals surface area contributed by atoms with Crippen LogP contribution in [0.25, 0.3) is 0 Å². The first-order valence-corrected chi connectivity index (χ1v) is 5.91. The SMILES string of the molecule is Cc1nn(C)c(Cl)c1CC(=O)C1CC1(C)C. The van der Waals surface area contributed by atoms with Gasteiger partial charge in [-0.05, 0) is 18.8 Å². The highest BCUT2D eigenvalue weighted by atomic mass is 35.5. The summed E-state index contributed by atoms with van der Waals surface area (Å²) in [4.78, 5) is 12.0. The van der Waals surface area contributed by atoms with Crippen LogP contribution < -0.4 is 0 Å². The summed E-state index contributed by atoms with van der Waals surface area (Å²) in [6.45, 7) is 6.16. The molecule has 0 bridgehead atoms. The van der Waals surface area contributed by atoms with E-state index in [0.717, 1.165) is 17.7 Å². The zero-order valence-electron chi connectivity index (χ0n) is 10.2. The van der Waals surface area contributed by atoms with Gasteiger partial charge in [0.05, 0.1) is 5.69 Å². The molecule has 0 spiro atoms. The number of halogens is 1. The summed E-state index contributed by atoms with van der Waals surface area (Å²) < 4.78 is 1.62. The minimum Gasteiger partial charge on any atom is -0.299 e. The van der Waals surface area contributed by atoms with E-state index >= 15 is 0 Å². The monoisotopic (exact) mass is 240 g/mol. The summed E-state index contributed by atoms with van der Waals surface area (Å²) in [6.07, 6.45) is 1.43. The second-order valence-electron chi connectivity index (χ2n) is 5.37. The highest BCUT2D eigenvalue weighted by Gasteiger charge is 2.50. The molecule has 0 saturated heterocycles. The third-order valence-electron chi connectivity index (χ3n) is 3.52. The van der Waals surface area contributed by atoms with Crippen LogP contribution in [-0.2, 0) is 18.3 Å². The first-order chi connectivity index (χ1) is 7.33. The fourth-order valence-electron chi connectivity index (χ4n) is 2.19. The first kappa shape index (κ1) is 11.6. The number of Topliss-reactive ketones (excluding diaryl/α,β-unsaturated/α-hetero) is 1. The predicted octanol–water partition coefficient (Wildman–Crippen LogP) is 2.54. The number of aryl methyl sites for hydroxylation is 2. The second kappa shape index (κ2) is 3.59. The van der Waals surface area contributed by atoms with Gasteiger partial charge in [0.15, 0.2) is 0 Å². The van der Waals surface area contributed by atoms with E-state index in [0.29, 0.717) is 17.4 Å². The minimum absolute atomic E-state index is 0.194. The summed E-state index contributed by atoms with van der Waals surface area (Å²) in [6, 6.07) is 0. The molecule has 1 aliphatic rings. The zero-order chi connectivity index (χ0) is 12.1. The number of ketones is 1. The fourth-order valence-corrected chi connectivity index (χ4v) is 2.43. The Morgan fingerprint density at radius 2 is 2.19 bits per heavy atom. The summed E-state index contributed by atoms with van der Waals surface area (Å²) >= 11 is 6.10. The van der Waals surface area contributed by atoms with Gasteiger partial charge >= 0.3 is 0 Å². The molecule has 0 radical (unpaired) electrons. The third-order valence-corrected chi connectivity index (χ3v) is 4.00. The molecule has 1 aromatic heterocycles. The highest BCUT2D eigenvalue weighted by molar-refractivity contribution is 6.30. The van der Waals surface area contributed by atoms with Crippen molar-refractivity contribution < 1.29 is 4.79 Å². The van der Waals surface area contributed by atoms with Crippen molar-refractivity contribution in [3.63, 3.8) is 0 Å². The van der Waals surface area contributed by atoms with Crippen LogP contribution >= 0.6 is 11.6 Å². The van der Waals surface area contributed by atoms with E-state index in [9.17, 15) is 4.79 Å². The average Bonchev–Trinajstić information content (AvgIpc) is 2.75. The molecule has 1 atom stereocenters. The van der Waals surface area contributed by atoms with E-state index in [4.69, 9.17) is 11.6 Å². The fraction of sp³-hybridized carbons (Fsp3) is 0.667. The van der Waals surface area contributed by atoms with Crippen LogP contribution in [0.2, 0.25) is 5.15 Å². The molecule has 1 unspecified atom stereocenters. The van der Waals surface area contributed by atoms with Gasteiger partial charge in [0.2, 0.25) is 0 Å². The Kier molecular flexibility index (Phi) is 2.61. The van der Waals surface area contributed by atoms with E-state index in [1.54, 1.807) is 11.7 Å². The van der Waals surface area contributed by atoms with Gasteiger partial charge in [0, 0.05) is 24.9 Å². The van der Waals surface area contributed by atoms with Gasteiger partial charge in [0.25, 0.3) is 0 Å². The Balaban J connectivity index is 2.13. The van der Waals surface area contributed by atoms with E-state index in [-0.39, 0.29) is 11.3 Å². The molecule has 1 heterocycles. The molecule has 0 amide bonds. The maximum Gasteiger partial charge on any atom is 0.141 e. The summed E-state index contributed by atoms with van der Waals surface area (Å²) in [7, 11) is 1.80. The van der Waals surface area contributed by atoms with Gasteiger partial charge in [-0.2, -0.15) is 5.10 Å². The van der Waals surface area contributed by atoms with Gasteiger partial charge < -0.3 is 0 Å². The van der Waals surface area contributed by atoms with Crippen molar-refractivity contribution in [3.8, 4) is 0 Å². The molecule has 1 aliphatic carbocycles. The van der Waals surface area contributed by atoms with E-state index in [2.05, 4.69) is 18.9 Å². The van der Waals surface area contributed by atoms with Crippen molar-refractivity contribution in [2.75, 3.05) is 0 Å². The number of carbonyl (C=O) groups is 1. The molecule has 88 valence electrons. The molecule has 4 heteroatoms. The molecular formula is C12H17ClN2O. The smallest absolute Gasteiger partial charge is 0.141 e. The van der Waals surface area contributed by atoms with Gasteiger partial charge in [-0.1, -0.05) is 25.4 Å². The standard InChI is InChI=1S/C12H17ClN2O/c1-7-8(11(13)15(4)14-7)5-10(16)9-6-12(9,2)3/h9H,5-6H2,1-4H3. The normalized spacial score (nSPS) is 22.2.